The third kappa shape index (κ3) is 4.89. The number of benzene rings is 2. The molecule has 6 heteroatoms. The third-order valence-corrected chi connectivity index (χ3v) is 6.11. The molecule has 1 amide bonds. The fourth-order valence-corrected chi connectivity index (χ4v) is 4.36. The molecule has 1 N–H and O–H groups in total. The molecule has 1 spiro atoms. The van der Waals surface area contributed by atoms with Gasteiger partial charge in [0.25, 0.3) is 0 Å². The molecule has 2 saturated heterocycles. The van der Waals surface area contributed by atoms with E-state index >= 15 is 0 Å². The fraction of sp³-hybridized carbons (Fsp3) is 0.458. The van der Waals surface area contributed by atoms with E-state index in [4.69, 9.17) is 9.47 Å². The van der Waals surface area contributed by atoms with Gasteiger partial charge >= 0.3 is 0 Å². The first kappa shape index (κ1) is 21.0. The largest absolute Gasteiger partial charge is 0.372 e. The minimum Gasteiger partial charge on any atom is -0.372 e. The summed E-state index contributed by atoms with van der Waals surface area (Å²) in [6.07, 6.45) is 2.80. The Balaban J connectivity index is 1.37. The molecule has 2 aliphatic rings. The zero-order valence-electron chi connectivity index (χ0n) is 17.4. The van der Waals surface area contributed by atoms with Gasteiger partial charge in [-0.25, -0.2) is 4.39 Å². The predicted molar refractivity (Wildman–Crippen MR) is 114 cm³/mol. The number of aryl methyl sites for hydroxylation is 1. The second-order valence-corrected chi connectivity index (χ2v) is 8.30. The Labute approximate surface area is 177 Å². The predicted octanol–water partition coefficient (Wildman–Crippen LogP) is 3.91. The second-order valence-electron chi connectivity index (χ2n) is 8.30. The molecule has 0 unspecified atom stereocenters. The number of anilines is 1. The van der Waals surface area contributed by atoms with E-state index in [1.165, 1.54) is 6.07 Å². The van der Waals surface area contributed by atoms with Crippen molar-refractivity contribution in [3.05, 3.63) is 65.5 Å². The topological polar surface area (TPSA) is 50.8 Å². The Bertz CT molecular complexity index is 868. The maximum absolute atomic E-state index is 13.7. The van der Waals surface area contributed by atoms with E-state index in [0.717, 1.165) is 38.0 Å². The Hall–Kier alpha value is -2.28. The van der Waals surface area contributed by atoms with E-state index in [1.807, 2.05) is 18.2 Å². The van der Waals surface area contributed by atoms with Crippen molar-refractivity contribution in [2.75, 3.05) is 31.6 Å². The molecule has 2 aromatic rings. The zero-order chi connectivity index (χ0) is 21.0. The van der Waals surface area contributed by atoms with Crippen molar-refractivity contribution in [3.63, 3.8) is 0 Å². The van der Waals surface area contributed by atoms with Crippen molar-refractivity contribution < 1.29 is 18.7 Å². The summed E-state index contributed by atoms with van der Waals surface area (Å²) in [6, 6.07) is 14.9. The number of rotatable bonds is 6. The van der Waals surface area contributed by atoms with E-state index in [0.29, 0.717) is 24.4 Å². The molecular formula is C24H29FN2O3. The highest BCUT2D eigenvalue weighted by molar-refractivity contribution is 5.92. The highest BCUT2D eigenvalue weighted by Gasteiger charge is 2.47. The lowest BCUT2D eigenvalue weighted by molar-refractivity contribution is -0.159. The first-order valence-corrected chi connectivity index (χ1v) is 10.6. The lowest BCUT2D eigenvalue weighted by Crippen LogP contribution is -2.57. The van der Waals surface area contributed by atoms with Crippen molar-refractivity contribution in [3.8, 4) is 0 Å². The minimum absolute atomic E-state index is 0.0847. The number of halogens is 1. The van der Waals surface area contributed by atoms with Crippen LogP contribution in [0.25, 0.3) is 0 Å². The van der Waals surface area contributed by atoms with E-state index < -0.39 is 0 Å². The molecular weight excluding hydrogens is 383 g/mol. The van der Waals surface area contributed by atoms with Gasteiger partial charge in [-0.3, -0.25) is 9.69 Å². The standard InChI is InChI=1S/C24H29FN2O3/c1-18-8-9-20(14-21(18)25)26-23(28)16-27-12-11-24(10-5-13-30-24)22(15-27)29-17-19-6-3-2-4-7-19/h2-4,6-9,14,22H,5,10-13,15-17H2,1H3,(H,26,28)/t22-,24+/m0/s1. The van der Waals surface area contributed by atoms with Gasteiger partial charge in [-0.05, 0) is 49.4 Å². The monoisotopic (exact) mass is 412 g/mol. The first-order valence-electron chi connectivity index (χ1n) is 10.6. The molecule has 2 fully saturated rings. The van der Waals surface area contributed by atoms with Crippen LogP contribution in [-0.2, 0) is 20.9 Å². The number of nitrogens with zero attached hydrogens (tertiary/aromatic N) is 1. The summed E-state index contributed by atoms with van der Waals surface area (Å²) in [5, 5.41) is 2.80. The van der Waals surface area contributed by atoms with Crippen LogP contribution < -0.4 is 5.32 Å². The van der Waals surface area contributed by atoms with Gasteiger partial charge in [-0.2, -0.15) is 0 Å². The molecule has 2 heterocycles. The van der Waals surface area contributed by atoms with Crippen molar-refractivity contribution in [1.29, 1.82) is 0 Å². The van der Waals surface area contributed by atoms with Crippen molar-refractivity contribution in [2.45, 2.75) is 44.5 Å². The second kappa shape index (κ2) is 9.25. The molecule has 30 heavy (non-hydrogen) atoms. The molecule has 2 aromatic carbocycles. The highest BCUT2D eigenvalue weighted by Crippen LogP contribution is 2.38. The van der Waals surface area contributed by atoms with Gasteiger partial charge in [0.1, 0.15) is 5.82 Å². The van der Waals surface area contributed by atoms with Gasteiger partial charge in [0, 0.05) is 25.4 Å². The summed E-state index contributed by atoms with van der Waals surface area (Å²) < 4.78 is 26.2. The molecule has 0 aromatic heterocycles. The number of ether oxygens (including phenoxy) is 2. The van der Waals surface area contributed by atoms with E-state index in [9.17, 15) is 9.18 Å². The van der Waals surface area contributed by atoms with E-state index in [2.05, 4.69) is 22.3 Å². The summed E-state index contributed by atoms with van der Waals surface area (Å²) in [5.41, 5.74) is 1.92. The van der Waals surface area contributed by atoms with Crippen LogP contribution in [0.5, 0.6) is 0 Å². The van der Waals surface area contributed by atoms with Gasteiger partial charge in [0.15, 0.2) is 0 Å². The van der Waals surface area contributed by atoms with Gasteiger partial charge in [0.05, 0.1) is 24.9 Å². The van der Waals surface area contributed by atoms with Gasteiger partial charge in [-0.15, -0.1) is 0 Å². The number of nitrogens with one attached hydrogen (secondary N) is 1. The number of carbonyl (C=O) groups is 1. The maximum Gasteiger partial charge on any atom is 0.238 e. The Morgan fingerprint density at radius 3 is 2.83 bits per heavy atom. The van der Waals surface area contributed by atoms with Crippen molar-refractivity contribution in [2.24, 2.45) is 0 Å². The maximum atomic E-state index is 13.7. The van der Waals surface area contributed by atoms with E-state index in [1.54, 1.807) is 19.1 Å². The molecule has 5 nitrogen and oxygen atoms in total. The summed E-state index contributed by atoms with van der Waals surface area (Å²) in [6.45, 7) is 4.66. The van der Waals surface area contributed by atoms with Crippen molar-refractivity contribution in [1.82, 2.24) is 4.90 Å². The van der Waals surface area contributed by atoms with E-state index in [-0.39, 0.29) is 30.0 Å². The third-order valence-electron chi connectivity index (χ3n) is 6.11. The van der Waals surface area contributed by atoms with Crippen LogP contribution in [0.15, 0.2) is 48.5 Å². The fourth-order valence-electron chi connectivity index (χ4n) is 4.36. The molecule has 2 aliphatic heterocycles. The molecule has 0 aliphatic carbocycles. The number of hydrogen-bond donors (Lipinski definition) is 1. The van der Waals surface area contributed by atoms with Crippen LogP contribution in [0.3, 0.4) is 0 Å². The molecule has 4 rings (SSSR count). The van der Waals surface area contributed by atoms with Gasteiger partial charge < -0.3 is 14.8 Å². The molecule has 0 saturated carbocycles. The van der Waals surface area contributed by atoms with Crippen LogP contribution in [0.4, 0.5) is 10.1 Å². The number of hydrogen-bond acceptors (Lipinski definition) is 4. The summed E-state index contributed by atoms with van der Waals surface area (Å²) in [7, 11) is 0. The Kier molecular flexibility index (Phi) is 6.46. The van der Waals surface area contributed by atoms with Crippen molar-refractivity contribution >= 4 is 11.6 Å². The minimum atomic E-state index is -0.319. The average Bonchev–Trinajstić information content (AvgIpc) is 3.21. The average molecular weight is 413 g/mol. The highest BCUT2D eigenvalue weighted by atomic mass is 19.1. The van der Waals surface area contributed by atoms with Crippen LogP contribution >= 0.6 is 0 Å². The number of piperidine rings is 1. The number of amides is 1. The summed E-state index contributed by atoms with van der Waals surface area (Å²) >= 11 is 0. The quantitative estimate of drug-likeness (QED) is 0.782. The summed E-state index contributed by atoms with van der Waals surface area (Å²) in [4.78, 5) is 14.6. The smallest absolute Gasteiger partial charge is 0.238 e. The van der Waals surface area contributed by atoms with Crippen LogP contribution in [-0.4, -0.2) is 48.8 Å². The lowest BCUT2D eigenvalue weighted by Gasteiger charge is -2.44. The molecule has 160 valence electrons. The van der Waals surface area contributed by atoms with Crippen LogP contribution in [0.2, 0.25) is 0 Å². The first-order chi connectivity index (χ1) is 14.5. The van der Waals surface area contributed by atoms with Crippen LogP contribution in [0, 0.1) is 12.7 Å². The summed E-state index contributed by atoms with van der Waals surface area (Å²) in [5.74, 6) is -0.469. The van der Waals surface area contributed by atoms with Gasteiger partial charge in [-0.1, -0.05) is 36.4 Å². The molecule has 0 bridgehead atoms. The van der Waals surface area contributed by atoms with Crippen LogP contribution in [0.1, 0.15) is 30.4 Å². The Morgan fingerprint density at radius 2 is 2.10 bits per heavy atom. The normalized spacial score (nSPS) is 24.3. The SMILES string of the molecule is Cc1ccc(NC(=O)CN2CC[C@]3(CCCO3)[C@@H](OCc3ccccc3)C2)cc1F. The molecule has 0 radical (unpaired) electrons. The lowest BCUT2D eigenvalue weighted by atomic mass is 9.85. The molecule has 2 atom stereocenters. The number of likely N-dealkylation sites (tertiary alicyclic amines) is 1. The van der Waals surface area contributed by atoms with Gasteiger partial charge in [0.2, 0.25) is 5.91 Å². The zero-order valence-corrected chi connectivity index (χ0v) is 17.4. The number of carbonyl (C=O) groups excluding carboxylic acids is 1. The Morgan fingerprint density at radius 1 is 1.27 bits per heavy atom.